The molecule has 0 aliphatic carbocycles. The van der Waals surface area contributed by atoms with Crippen LogP contribution in [-0.2, 0) is 14.8 Å². The summed E-state index contributed by atoms with van der Waals surface area (Å²) in [5.74, 6) is -0.839. The third-order valence-electron chi connectivity index (χ3n) is 5.42. The van der Waals surface area contributed by atoms with Crippen LogP contribution in [0, 0.1) is 11.3 Å². The van der Waals surface area contributed by atoms with Gasteiger partial charge in [0, 0.05) is 56.3 Å². The van der Waals surface area contributed by atoms with Crippen molar-refractivity contribution in [3.63, 3.8) is 0 Å². The molecule has 0 radical (unpaired) electrons. The van der Waals surface area contributed by atoms with Crippen LogP contribution in [0.1, 0.15) is 27.9 Å². The highest BCUT2D eigenvalue weighted by molar-refractivity contribution is 7.89. The minimum absolute atomic E-state index is 0.0716. The molecule has 12 heteroatoms. The summed E-state index contributed by atoms with van der Waals surface area (Å²) in [5.41, 5.74) is 7.00. The first-order valence-corrected chi connectivity index (χ1v) is 12.5. The van der Waals surface area contributed by atoms with Gasteiger partial charge in [0.2, 0.25) is 5.91 Å². The predicted octanol–water partition coefficient (Wildman–Crippen LogP) is 0.727. The number of phenols is 1. The maximum Gasteiger partial charge on any atom is 0.252 e. The number of nitrogen functional groups attached to an aromatic ring is 1. The van der Waals surface area contributed by atoms with Crippen LogP contribution in [0.4, 0.5) is 5.69 Å². The lowest BCUT2D eigenvalue weighted by atomic mass is 10.1. The molecule has 1 aliphatic heterocycles. The third-order valence-corrected chi connectivity index (χ3v) is 5.92. The second-order valence-corrected chi connectivity index (χ2v) is 10.2. The summed E-state index contributed by atoms with van der Waals surface area (Å²) >= 11 is 0. The lowest BCUT2D eigenvalue weighted by Gasteiger charge is -2.19. The number of nitrogens with zero attached hydrogens (tertiary/aromatic N) is 3. The van der Waals surface area contributed by atoms with E-state index >= 15 is 0 Å². The SMILES string of the molecule is CN(C)/C(=N/S(C)(=O)=O)c1ccc(N2CC(CNC(=O)c3ccc(O)c(C(=N)N)c3)CC2=O)cc1. The highest BCUT2D eigenvalue weighted by Gasteiger charge is 2.31. The average molecular weight is 501 g/mol. The van der Waals surface area contributed by atoms with Crippen LogP contribution < -0.4 is 16.0 Å². The Morgan fingerprint density at radius 1 is 1.23 bits per heavy atom. The largest absolute Gasteiger partial charge is 0.507 e. The quantitative estimate of drug-likeness (QED) is 0.321. The summed E-state index contributed by atoms with van der Waals surface area (Å²) in [7, 11) is -0.194. The summed E-state index contributed by atoms with van der Waals surface area (Å²) in [6.45, 7) is 0.673. The van der Waals surface area contributed by atoms with Gasteiger partial charge in [0.05, 0.1) is 11.8 Å². The Kier molecular flexibility index (Phi) is 7.44. The summed E-state index contributed by atoms with van der Waals surface area (Å²) in [6.07, 6.45) is 1.28. The molecule has 11 nitrogen and oxygen atoms in total. The zero-order chi connectivity index (χ0) is 25.9. The summed E-state index contributed by atoms with van der Waals surface area (Å²) < 4.78 is 27.0. The lowest BCUT2D eigenvalue weighted by molar-refractivity contribution is -0.117. The van der Waals surface area contributed by atoms with Crippen molar-refractivity contribution in [1.82, 2.24) is 10.2 Å². The van der Waals surface area contributed by atoms with E-state index in [4.69, 9.17) is 11.1 Å². The Bertz CT molecular complexity index is 1290. The van der Waals surface area contributed by atoms with Crippen molar-refractivity contribution in [3.8, 4) is 5.75 Å². The van der Waals surface area contributed by atoms with Gasteiger partial charge in [-0.3, -0.25) is 15.0 Å². The number of hydrogen-bond donors (Lipinski definition) is 4. The van der Waals surface area contributed by atoms with Gasteiger partial charge in [-0.1, -0.05) is 0 Å². The molecule has 35 heavy (non-hydrogen) atoms. The Hall–Kier alpha value is -3.93. The molecule has 2 amide bonds. The third kappa shape index (κ3) is 6.35. The van der Waals surface area contributed by atoms with E-state index in [2.05, 4.69) is 9.71 Å². The molecular formula is C23H28N6O5S. The maximum absolute atomic E-state index is 12.6. The van der Waals surface area contributed by atoms with Gasteiger partial charge in [-0.15, -0.1) is 4.40 Å². The summed E-state index contributed by atoms with van der Waals surface area (Å²) in [5, 5.41) is 20.0. The molecule has 1 fully saturated rings. The van der Waals surface area contributed by atoms with Crippen molar-refractivity contribution < 1.29 is 23.1 Å². The number of carbonyl (C=O) groups excluding carboxylic acids is 2. The molecule has 3 rings (SSSR count). The van der Waals surface area contributed by atoms with Crippen LogP contribution in [0.3, 0.4) is 0 Å². The van der Waals surface area contributed by atoms with Crippen LogP contribution in [0.15, 0.2) is 46.9 Å². The second kappa shape index (κ2) is 10.1. The van der Waals surface area contributed by atoms with Gasteiger partial charge in [0.15, 0.2) is 0 Å². The standard InChI is InChI=1S/C23H28N6O5S/c1-28(2)22(27-35(3,33)34)15-4-7-17(8-5-15)29-13-14(10-20(29)31)12-26-23(32)16-6-9-19(30)18(11-16)21(24)25/h4-9,11,14,30H,10,12-13H2,1-3H3,(H3,24,25)(H,26,32)/b27-22+. The zero-order valence-electron chi connectivity index (χ0n) is 19.6. The number of rotatable bonds is 7. The van der Waals surface area contributed by atoms with E-state index in [0.29, 0.717) is 17.8 Å². The molecule has 0 bridgehead atoms. The molecule has 1 heterocycles. The Balaban J connectivity index is 1.66. The zero-order valence-corrected chi connectivity index (χ0v) is 20.5. The molecule has 0 spiro atoms. The number of amidine groups is 2. The van der Waals surface area contributed by atoms with E-state index < -0.39 is 15.9 Å². The van der Waals surface area contributed by atoms with Crippen molar-refractivity contribution in [1.29, 1.82) is 5.41 Å². The number of carbonyl (C=O) groups is 2. The number of phenolic OH excluding ortho intramolecular Hbond substituents is 1. The van der Waals surface area contributed by atoms with Crippen molar-refractivity contribution in [3.05, 3.63) is 59.2 Å². The number of aromatic hydroxyl groups is 1. The van der Waals surface area contributed by atoms with Crippen molar-refractivity contribution in [2.45, 2.75) is 6.42 Å². The second-order valence-electron chi connectivity index (χ2n) is 8.52. The smallest absolute Gasteiger partial charge is 0.252 e. The minimum atomic E-state index is -3.58. The topological polar surface area (TPSA) is 169 Å². The molecule has 0 saturated carbocycles. The van der Waals surface area contributed by atoms with E-state index in [-0.39, 0.29) is 53.3 Å². The van der Waals surface area contributed by atoms with Gasteiger partial charge in [-0.05, 0) is 42.5 Å². The summed E-state index contributed by atoms with van der Waals surface area (Å²) in [6, 6.07) is 11.0. The monoisotopic (exact) mass is 500 g/mol. The maximum atomic E-state index is 12.6. The van der Waals surface area contributed by atoms with Gasteiger partial charge in [0.1, 0.15) is 17.4 Å². The van der Waals surface area contributed by atoms with Gasteiger partial charge in [-0.2, -0.15) is 0 Å². The Labute approximate surface area is 203 Å². The molecule has 5 N–H and O–H groups in total. The first-order valence-electron chi connectivity index (χ1n) is 10.7. The molecule has 2 aromatic carbocycles. The molecule has 1 aliphatic rings. The number of nitrogens with two attached hydrogens (primary N) is 1. The van der Waals surface area contributed by atoms with E-state index in [1.165, 1.54) is 18.2 Å². The molecule has 1 saturated heterocycles. The van der Waals surface area contributed by atoms with Crippen molar-refractivity contribution in [2.24, 2.45) is 16.0 Å². The minimum Gasteiger partial charge on any atom is -0.507 e. The molecular weight excluding hydrogens is 472 g/mol. The average Bonchev–Trinajstić information content (AvgIpc) is 3.15. The lowest BCUT2D eigenvalue weighted by Crippen LogP contribution is -2.31. The number of amides is 2. The molecule has 186 valence electrons. The Morgan fingerprint density at radius 2 is 1.86 bits per heavy atom. The van der Waals surface area contributed by atoms with Crippen LogP contribution in [0.5, 0.6) is 5.75 Å². The Morgan fingerprint density at radius 3 is 2.43 bits per heavy atom. The van der Waals surface area contributed by atoms with Crippen LogP contribution in [0.2, 0.25) is 0 Å². The van der Waals surface area contributed by atoms with E-state index in [0.717, 1.165) is 6.26 Å². The number of benzene rings is 2. The number of hydrogen-bond acceptors (Lipinski definition) is 6. The molecule has 2 aromatic rings. The number of nitrogens with one attached hydrogen (secondary N) is 2. The van der Waals surface area contributed by atoms with Gasteiger partial charge in [-0.25, -0.2) is 8.42 Å². The molecule has 1 atom stereocenters. The normalized spacial score (nSPS) is 16.3. The number of anilines is 1. The first-order chi connectivity index (χ1) is 16.4. The summed E-state index contributed by atoms with van der Waals surface area (Å²) in [4.78, 5) is 28.3. The van der Waals surface area contributed by atoms with E-state index in [1.807, 2.05) is 0 Å². The van der Waals surface area contributed by atoms with Gasteiger partial charge < -0.3 is 26.0 Å². The van der Waals surface area contributed by atoms with Gasteiger partial charge in [0.25, 0.3) is 15.9 Å². The first kappa shape index (κ1) is 25.7. The van der Waals surface area contributed by atoms with Gasteiger partial charge >= 0.3 is 0 Å². The van der Waals surface area contributed by atoms with Crippen LogP contribution >= 0.6 is 0 Å². The fourth-order valence-corrected chi connectivity index (χ4v) is 4.32. The van der Waals surface area contributed by atoms with Crippen molar-refractivity contribution in [2.75, 3.05) is 38.3 Å². The fraction of sp³-hybridized carbons (Fsp3) is 0.304. The highest BCUT2D eigenvalue weighted by atomic mass is 32.2. The van der Waals surface area contributed by atoms with Crippen LogP contribution in [0.25, 0.3) is 0 Å². The predicted molar refractivity (Wildman–Crippen MR) is 133 cm³/mol. The fourth-order valence-electron chi connectivity index (χ4n) is 3.74. The molecule has 1 unspecified atom stereocenters. The van der Waals surface area contributed by atoms with E-state index in [9.17, 15) is 23.1 Å². The highest BCUT2D eigenvalue weighted by Crippen LogP contribution is 2.26. The van der Waals surface area contributed by atoms with Crippen molar-refractivity contribution >= 4 is 39.2 Å². The van der Waals surface area contributed by atoms with Crippen LogP contribution in [-0.4, -0.2) is 75.4 Å². The molecule has 0 aromatic heterocycles. The van der Waals surface area contributed by atoms with E-state index in [1.54, 1.807) is 48.2 Å². The number of sulfonamides is 1.